The van der Waals surface area contributed by atoms with Crippen LogP contribution in [0.4, 0.5) is 0 Å². The van der Waals surface area contributed by atoms with Crippen molar-refractivity contribution in [1.82, 2.24) is 14.8 Å². The molecule has 1 aromatic heterocycles. The van der Waals surface area contributed by atoms with Crippen molar-refractivity contribution in [2.75, 3.05) is 0 Å². The summed E-state index contributed by atoms with van der Waals surface area (Å²) < 4.78 is 1.86. The molecule has 0 amide bonds. The van der Waals surface area contributed by atoms with E-state index in [1.807, 2.05) is 11.7 Å². The summed E-state index contributed by atoms with van der Waals surface area (Å²) in [6, 6.07) is 0. The Balaban J connectivity index is 2.00. The Morgan fingerprint density at radius 1 is 1.40 bits per heavy atom. The van der Waals surface area contributed by atoms with Gasteiger partial charge < -0.3 is 0 Å². The minimum absolute atomic E-state index is 0.323. The summed E-state index contributed by atoms with van der Waals surface area (Å²) in [5.41, 5.74) is 0. The molecule has 1 saturated carbocycles. The molecule has 0 radical (unpaired) electrons. The number of rotatable bonds is 2. The molecule has 2 unspecified atom stereocenters. The average molecular weight is 228 g/mol. The quantitative estimate of drug-likeness (QED) is 0.574. The van der Waals surface area contributed by atoms with E-state index >= 15 is 0 Å². The van der Waals surface area contributed by atoms with Gasteiger partial charge in [0.1, 0.15) is 12.2 Å². The van der Waals surface area contributed by atoms with Crippen molar-refractivity contribution in [1.29, 1.82) is 0 Å². The molecule has 1 aromatic rings. The van der Waals surface area contributed by atoms with Crippen molar-refractivity contribution in [2.45, 2.75) is 43.9 Å². The van der Waals surface area contributed by atoms with Gasteiger partial charge in [-0.15, -0.1) is 11.6 Å². The first-order chi connectivity index (χ1) is 7.27. The second-order valence-electron chi connectivity index (χ2n) is 4.42. The van der Waals surface area contributed by atoms with Crippen molar-refractivity contribution in [2.24, 2.45) is 13.0 Å². The van der Waals surface area contributed by atoms with Gasteiger partial charge in [-0.25, -0.2) is 4.98 Å². The van der Waals surface area contributed by atoms with Crippen molar-refractivity contribution >= 4 is 11.6 Å². The molecule has 15 heavy (non-hydrogen) atoms. The van der Waals surface area contributed by atoms with E-state index in [1.165, 1.54) is 25.7 Å². The van der Waals surface area contributed by atoms with Crippen LogP contribution in [0.2, 0.25) is 0 Å². The standard InChI is InChI=1S/C11H18ClN3/c1-15-11(13-8-14-15)7-9-5-3-2-4-6-10(9)12/h8-10H,2-7H2,1H3. The topological polar surface area (TPSA) is 30.7 Å². The van der Waals surface area contributed by atoms with Gasteiger partial charge in [0, 0.05) is 18.8 Å². The molecule has 2 rings (SSSR count). The number of hydrogen-bond donors (Lipinski definition) is 0. The van der Waals surface area contributed by atoms with Gasteiger partial charge in [0.25, 0.3) is 0 Å². The maximum absolute atomic E-state index is 6.40. The average Bonchev–Trinajstić information content (AvgIpc) is 2.50. The Kier molecular flexibility index (Phi) is 3.62. The van der Waals surface area contributed by atoms with Gasteiger partial charge in [-0.3, -0.25) is 4.68 Å². The molecule has 1 fully saturated rings. The van der Waals surface area contributed by atoms with Crippen LogP contribution >= 0.6 is 11.6 Å². The second-order valence-corrected chi connectivity index (χ2v) is 4.98. The summed E-state index contributed by atoms with van der Waals surface area (Å²) in [7, 11) is 1.95. The first kappa shape index (κ1) is 10.9. The highest BCUT2D eigenvalue weighted by Gasteiger charge is 2.23. The fourth-order valence-electron chi connectivity index (χ4n) is 2.31. The Hall–Kier alpha value is -0.570. The Bertz CT molecular complexity index is 311. The predicted octanol–water partition coefficient (Wildman–Crippen LogP) is 2.55. The third kappa shape index (κ3) is 2.71. The number of alkyl halides is 1. The Labute approximate surface area is 95.8 Å². The Morgan fingerprint density at radius 2 is 2.20 bits per heavy atom. The first-order valence-corrected chi connectivity index (χ1v) is 6.18. The van der Waals surface area contributed by atoms with Crippen LogP contribution in [0.1, 0.15) is 37.9 Å². The minimum Gasteiger partial charge on any atom is -0.253 e. The lowest BCUT2D eigenvalue weighted by atomic mass is 9.96. The van der Waals surface area contributed by atoms with E-state index in [-0.39, 0.29) is 0 Å². The van der Waals surface area contributed by atoms with Gasteiger partial charge in [-0.2, -0.15) is 5.10 Å². The summed E-state index contributed by atoms with van der Waals surface area (Å²) in [6.45, 7) is 0. The molecule has 2 atom stereocenters. The van der Waals surface area contributed by atoms with E-state index < -0.39 is 0 Å². The molecule has 0 aromatic carbocycles. The smallest absolute Gasteiger partial charge is 0.138 e. The monoisotopic (exact) mass is 227 g/mol. The van der Waals surface area contributed by atoms with Crippen LogP contribution in [-0.4, -0.2) is 20.1 Å². The van der Waals surface area contributed by atoms with Gasteiger partial charge in [-0.1, -0.05) is 19.3 Å². The number of aromatic nitrogens is 3. The summed E-state index contributed by atoms with van der Waals surface area (Å²) in [6.07, 6.45) is 8.92. The maximum Gasteiger partial charge on any atom is 0.138 e. The van der Waals surface area contributed by atoms with Crippen LogP contribution in [-0.2, 0) is 13.5 Å². The number of aryl methyl sites for hydroxylation is 1. The minimum atomic E-state index is 0.323. The van der Waals surface area contributed by atoms with Crippen LogP contribution < -0.4 is 0 Å². The molecule has 4 heteroatoms. The molecule has 1 aliphatic rings. The van der Waals surface area contributed by atoms with E-state index in [1.54, 1.807) is 6.33 Å². The fraction of sp³-hybridized carbons (Fsp3) is 0.818. The van der Waals surface area contributed by atoms with Crippen LogP contribution in [0.15, 0.2) is 6.33 Å². The van der Waals surface area contributed by atoms with Crippen molar-refractivity contribution < 1.29 is 0 Å². The first-order valence-electron chi connectivity index (χ1n) is 5.74. The molecule has 1 heterocycles. The lowest BCUT2D eigenvalue weighted by Crippen LogP contribution is -2.18. The van der Waals surface area contributed by atoms with Crippen LogP contribution in [0, 0.1) is 5.92 Å². The fourth-order valence-corrected chi connectivity index (χ4v) is 2.68. The molecular formula is C11H18ClN3. The molecular weight excluding hydrogens is 210 g/mol. The predicted molar refractivity (Wildman–Crippen MR) is 60.9 cm³/mol. The highest BCUT2D eigenvalue weighted by atomic mass is 35.5. The van der Waals surface area contributed by atoms with Gasteiger partial charge in [0.15, 0.2) is 0 Å². The van der Waals surface area contributed by atoms with Gasteiger partial charge in [-0.05, 0) is 18.8 Å². The van der Waals surface area contributed by atoms with Crippen LogP contribution in [0.5, 0.6) is 0 Å². The normalized spacial score (nSPS) is 27.6. The van der Waals surface area contributed by atoms with Crippen molar-refractivity contribution in [3.05, 3.63) is 12.2 Å². The largest absolute Gasteiger partial charge is 0.253 e. The number of halogens is 1. The zero-order valence-corrected chi connectivity index (χ0v) is 9.95. The highest BCUT2D eigenvalue weighted by molar-refractivity contribution is 6.20. The molecule has 1 aliphatic carbocycles. The third-order valence-corrected chi connectivity index (χ3v) is 3.89. The van der Waals surface area contributed by atoms with Crippen molar-refractivity contribution in [3.8, 4) is 0 Å². The van der Waals surface area contributed by atoms with Crippen molar-refractivity contribution in [3.63, 3.8) is 0 Å². The highest BCUT2D eigenvalue weighted by Crippen LogP contribution is 2.29. The lowest BCUT2D eigenvalue weighted by molar-refractivity contribution is 0.446. The van der Waals surface area contributed by atoms with Gasteiger partial charge >= 0.3 is 0 Å². The van der Waals surface area contributed by atoms with Crippen LogP contribution in [0.3, 0.4) is 0 Å². The van der Waals surface area contributed by atoms with E-state index in [9.17, 15) is 0 Å². The van der Waals surface area contributed by atoms with Gasteiger partial charge in [0.05, 0.1) is 0 Å². The maximum atomic E-state index is 6.40. The number of nitrogens with zero attached hydrogens (tertiary/aromatic N) is 3. The summed E-state index contributed by atoms with van der Waals surface area (Å²) in [4.78, 5) is 4.27. The molecule has 0 spiro atoms. The van der Waals surface area contributed by atoms with E-state index in [0.29, 0.717) is 11.3 Å². The molecule has 0 N–H and O–H groups in total. The van der Waals surface area contributed by atoms with E-state index in [4.69, 9.17) is 11.6 Å². The third-order valence-electron chi connectivity index (χ3n) is 3.32. The van der Waals surface area contributed by atoms with E-state index in [2.05, 4.69) is 10.1 Å². The molecule has 3 nitrogen and oxygen atoms in total. The lowest BCUT2D eigenvalue weighted by Gasteiger charge is -2.18. The zero-order valence-electron chi connectivity index (χ0n) is 9.19. The van der Waals surface area contributed by atoms with E-state index in [0.717, 1.165) is 18.7 Å². The Morgan fingerprint density at radius 3 is 2.93 bits per heavy atom. The molecule has 84 valence electrons. The number of hydrogen-bond acceptors (Lipinski definition) is 2. The summed E-state index contributed by atoms with van der Waals surface area (Å²) >= 11 is 6.40. The summed E-state index contributed by atoms with van der Waals surface area (Å²) in [5, 5.41) is 4.42. The summed E-state index contributed by atoms with van der Waals surface area (Å²) in [5.74, 6) is 1.64. The second kappa shape index (κ2) is 4.97. The van der Waals surface area contributed by atoms with Crippen LogP contribution in [0.25, 0.3) is 0 Å². The molecule has 0 aliphatic heterocycles. The SMILES string of the molecule is Cn1ncnc1CC1CCCCCC1Cl. The molecule has 0 bridgehead atoms. The zero-order chi connectivity index (χ0) is 10.7. The molecule has 0 saturated heterocycles. The van der Waals surface area contributed by atoms with Gasteiger partial charge in [0.2, 0.25) is 0 Å².